The van der Waals surface area contributed by atoms with Crippen molar-refractivity contribution in [2.24, 2.45) is 0 Å². The molecule has 2 N–H and O–H groups in total. The summed E-state index contributed by atoms with van der Waals surface area (Å²) in [6.45, 7) is 0.434. The van der Waals surface area contributed by atoms with Crippen LogP contribution < -0.4 is 15.4 Å². The van der Waals surface area contributed by atoms with Crippen LogP contribution in [0.15, 0.2) is 60.9 Å². The number of nitrogens with zero attached hydrogens (tertiary/aromatic N) is 2. The number of rotatable bonds is 6. The smallest absolute Gasteiger partial charge is 0.338 e. The van der Waals surface area contributed by atoms with E-state index in [1.54, 1.807) is 30.1 Å². The maximum absolute atomic E-state index is 11.9. The summed E-state index contributed by atoms with van der Waals surface area (Å²) < 4.78 is 11.8. The molecule has 0 bridgehead atoms. The number of anilines is 2. The van der Waals surface area contributed by atoms with E-state index < -0.39 is 0 Å². The van der Waals surface area contributed by atoms with Gasteiger partial charge in [0.1, 0.15) is 5.75 Å². The monoisotopic (exact) mass is 396 g/mol. The predicted octanol–water partition coefficient (Wildman–Crippen LogP) is 3.54. The molecule has 8 heteroatoms. The van der Waals surface area contributed by atoms with Crippen molar-refractivity contribution in [3.05, 3.63) is 72.1 Å². The van der Waals surface area contributed by atoms with E-state index in [-0.39, 0.29) is 5.97 Å². The zero-order chi connectivity index (χ0) is 19.9. The van der Waals surface area contributed by atoms with E-state index in [0.29, 0.717) is 17.2 Å². The quantitative estimate of drug-likeness (QED) is 0.487. The Kier molecular flexibility index (Phi) is 6.23. The Labute approximate surface area is 168 Å². The van der Waals surface area contributed by atoms with E-state index in [1.807, 2.05) is 42.6 Å². The van der Waals surface area contributed by atoms with Gasteiger partial charge in [0.25, 0.3) is 0 Å². The first-order valence-electron chi connectivity index (χ1n) is 8.50. The molecule has 0 saturated heterocycles. The molecule has 1 heterocycles. The number of carbonyl (C=O) groups is 1. The highest BCUT2D eigenvalue weighted by molar-refractivity contribution is 7.80. The fraction of sp³-hybridized carbons (Fsp3) is 0.150. The van der Waals surface area contributed by atoms with E-state index in [9.17, 15) is 4.79 Å². The largest absolute Gasteiger partial charge is 0.497 e. The molecule has 0 saturated carbocycles. The highest BCUT2D eigenvalue weighted by Crippen LogP contribution is 2.17. The molecular formula is C20H20N4O3S. The van der Waals surface area contributed by atoms with Crippen LogP contribution in [-0.2, 0) is 11.3 Å². The molecule has 144 valence electrons. The van der Waals surface area contributed by atoms with Gasteiger partial charge in [-0.15, -0.1) is 0 Å². The Morgan fingerprint density at radius 2 is 1.89 bits per heavy atom. The van der Waals surface area contributed by atoms with Crippen LogP contribution in [0.2, 0.25) is 0 Å². The molecule has 0 unspecified atom stereocenters. The molecule has 0 atom stereocenters. The second kappa shape index (κ2) is 9.01. The molecule has 0 amide bonds. The van der Waals surface area contributed by atoms with Gasteiger partial charge < -0.3 is 20.1 Å². The lowest BCUT2D eigenvalue weighted by Gasteiger charge is -2.10. The summed E-state index contributed by atoms with van der Waals surface area (Å²) in [5.74, 6) is 0.370. The standard InChI is InChI=1S/C20H20N4O3S/c1-26-17-8-5-7-15(10-17)22-20(28)23-16-11-21-24(13-16)12-14-6-3-4-9-18(14)19(25)27-2/h3-11,13H,12H2,1-2H3,(H2,22,23,28). The minimum absolute atomic E-state index is 0.371. The van der Waals surface area contributed by atoms with Gasteiger partial charge in [-0.05, 0) is 36.0 Å². The van der Waals surface area contributed by atoms with E-state index in [4.69, 9.17) is 21.7 Å². The number of hydrogen-bond acceptors (Lipinski definition) is 5. The molecule has 7 nitrogen and oxygen atoms in total. The topological polar surface area (TPSA) is 77.4 Å². The second-order valence-corrected chi connectivity index (χ2v) is 6.29. The summed E-state index contributed by atoms with van der Waals surface area (Å²) in [7, 11) is 2.98. The third-order valence-electron chi connectivity index (χ3n) is 3.97. The zero-order valence-corrected chi connectivity index (χ0v) is 16.3. The number of aromatic nitrogens is 2. The zero-order valence-electron chi connectivity index (χ0n) is 15.5. The highest BCUT2D eigenvalue weighted by atomic mass is 32.1. The van der Waals surface area contributed by atoms with Crippen molar-refractivity contribution in [3.63, 3.8) is 0 Å². The SMILES string of the molecule is COC(=O)c1ccccc1Cn1cc(NC(=S)Nc2cccc(OC)c2)cn1. The molecule has 28 heavy (non-hydrogen) atoms. The molecule has 0 aliphatic rings. The van der Waals surface area contributed by atoms with E-state index in [0.717, 1.165) is 22.7 Å². The Morgan fingerprint density at radius 1 is 1.11 bits per heavy atom. The maximum Gasteiger partial charge on any atom is 0.338 e. The van der Waals surface area contributed by atoms with Crippen LogP contribution in [0.4, 0.5) is 11.4 Å². The third-order valence-corrected chi connectivity index (χ3v) is 4.18. The van der Waals surface area contributed by atoms with Crippen molar-refractivity contribution in [1.82, 2.24) is 9.78 Å². The highest BCUT2D eigenvalue weighted by Gasteiger charge is 2.12. The van der Waals surface area contributed by atoms with E-state index in [2.05, 4.69) is 15.7 Å². The molecule has 0 spiro atoms. The fourth-order valence-electron chi connectivity index (χ4n) is 2.65. The Bertz CT molecular complexity index is 987. The van der Waals surface area contributed by atoms with Crippen molar-refractivity contribution >= 4 is 34.7 Å². The van der Waals surface area contributed by atoms with Crippen LogP contribution >= 0.6 is 12.2 Å². The molecule has 0 aliphatic carbocycles. The van der Waals surface area contributed by atoms with Crippen LogP contribution in [0.5, 0.6) is 5.75 Å². The number of ether oxygens (including phenoxy) is 2. The maximum atomic E-state index is 11.9. The first-order valence-corrected chi connectivity index (χ1v) is 8.90. The fourth-order valence-corrected chi connectivity index (χ4v) is 2.89. The first-order chi connectivity index (χ1) is 13.6. The van der Waals surface area contributed by atoms with E-state index >= 15 is 0 Å². The van der Waals surface area contributed by atoms with Gasteiger partial charge in [0, 0.05) is 18.0 Å². The van der Waals surface area contributed by atoms with Gasteiger partial charge in [0.05, 0.1) is 38.2 Å². The minimum Gasteiger partial charge on any atom is -0.497 e. The number of hydrogen-bond donors (Lipinski definition) is 2. The molecule has 0 fully saturated rings. The molecule has 3 rings (SSSR count). The van der Waals surface area contributed by atoms with Crippen molar-refractivity contribution in [2.75, 3.05) is 24.9 Å². The predicted molar refractivity (Wildman–Crippen MR) is 112 cm³/mol. The summed E-state index contributed by atoms with van der Waals surface area (Å²) in [4.78, 5) is 11.9. The Hall–Kier alpha value is -3.39. The van der Waals surface area contributed by atoms with Gasteiger partial charge in [-0.1, -0.05) is 24.3 Å². The van der Waals surface area contributed by atoms with Crippen LogP contribution in [0.3, 0.4) is 0 Å². The lowest BCUT2D eigenvalue weighted by Crippen LogP contribution is -2.18. The minimum atomic E-state index is -0.371. The van der Waals surface area contributed by atoms with Crippen molar-refractivity contribution in [2.45, 2.75) is 6.54 Å². The van der Waals surface area contributed by atoms with Crippen molar-refractivity contribution < 1.29 is 14.3 Å². The number of esters is 1. The number of nitrogens with one attached hydrogen (secondary N) is 2. The first kappa shape index (κ1) is 19.4. The molecule has 3 aromatic rings. The third kappa shape index (κ3) is 4.86. The van der Waals surface area contributed by atoms with Crippen LogP contribution in [0.1, 0.15) is 15.9 Å². The number of benzene rings is 2. The van der Waals surface area contributed by atoms with Crippen molar-refractivity contribution in [3.8, 4) is 5.75 Å². The van der Waals surface area contributed by atoms with Gasteiger partial charge >= 0.3 is 5.97 Å². The summed E-state index contributed by atoms with van der Waals surface area (Å²) in [6.07, 6.45) is 3.48. The van der Waals surface area contributed by atoms with Gasteiger partial charge in [-0.25, -0.2) is 4.79 Å². The number of methoxy groups -OCH3 is 2. The summed E-state index contributed by atoms with van der Waals surface area (Å²) >= 11 is 5.35. The molecule has 0 radical (unpaired) electrons. The molecule has 2 aromatic carbocycles. The van der Waals surface area contributed by atoms with Crippen LogP contribution in [-0.4, -0.2) is 35.1 Å². The Morgan fingerprint density at radius 3 is 2.68 bits per heavy atom. The summed E-state index contributed by atoms with van der Waals surface area (Å²) in [6, 6.07) is 14.8. The molecule has 0 aliphatic heterocycles. The molecular weight excluding hydrogens is 376 g/mol. The lowest BCUT2D eigenvalue weighted by molar-refractivity contribution is 0.0599. The lowest BCUT2D eigenvalue weighted by atomic mass is 10.1. The number of thiocarbonyl (C=S) groups is 1. The Balaban J connectivity index is 1.64. The van der Waals surface area contributed by atoms with Gasteiger partial charge in [-0.3, -0.25) is 4.68 Å². The van der Waals surface area contributed by atoms with Crippen LogP contribution in [0.25, 0.3) is 0 Å². The summed E-state index contributed by atoms with van der Waals surface area (Å²) in [5, 5.41) is 10.9. The normalized spacial score (nSPS) is 10.2. The summed E-state index contributed by atoms with van der Waals surface area (Å²) in [5.41, 5.74) is 2.89. The van der Waals surface area contributed by atoms with Gasteiger partial charge in [0.15, 0.2) is 5.11 Å². The average Bonchev–Trinajstić information content (AvgIpc) is 3.14. The van der Waals surface area contributed by atoms with Gasteiger partial charge in [-0.2, -0.15) is 5.10 Å². The van der Waals surface area contributed by atoms with Gasteiger partial charge in [0.2, 0.25) is 0 Å². The van der Waals surface area contributed by atoms with Crippen molar-refractivity contribution in [1.29, 1.82) is 0 Å². The average molecular weight is 396 g/mol. The number of carbonyl (C=O) groups excluding carboxylic acids is 1. The second-order valence-electron chi connectivity index (χ2n) is 5.89. The van der Waals surface area contributed by atoms with Crippen LogP contribution in [0, 0.1) is 0 Å². The van der Waals surface area contributed by atoms with E-state index in [1.165, 1.54) is 7.11 Å². The molecule has 1 aromatic heterocycles.